The van der Waals surface area contributed by atoms with Crippen molar-refractivity contribution in [1.82, 2.24) is 14.6 Å². The zero-order valence-corrected chi connectivity index (χ0v) is 12.9. The first kappa shape index (κ1) is 13.5. The lowest BCUT2D eigenvalue weighted by molar-refractivity contribution is -0.142. The molecule has 2 aromatic heterocycles. The number of rotatable bonds is 2. The maximum absolute atomic E-state index is 11.3. The lowest BCUT2D eigenvalue weighted by atomic mass is 9.89. The zero-order chi connectivity index (χ0) is 13.7. The molecule has 7 heteroatoms. The van der Waals surface area contributed by atoms with Gasteiger partial charge in [-0.25, -0.2) is 9.50 Å². The Labute approximate surface area is 122 Å². The van der Waals surface area contributed by atoms with Crippen LogP contribution >= 0.6 is 34.2 Å². The number of halogens is 2. The highest BCUT2D eigenvalue weighted by Gasteiger charge is 2.32. The second kappa shape index (κ2) is 4.34. The van der Waals surface area contributed by atoms with Crippen molar-refractivity contribution < 1.29 is 9.90 Å². The van der Waals surface area contributed by atoms with Gasteiger partial charge in [-0.05, 0) is 49.4 Å². The Morgan fingerprint density at radius 2 is 2.17 bits per heavy atom. The molecule has 0 bridgehead atoms. The van der Waals surface area contributed by atoms with Gasteiger partial charge in [0.05, 0.1) is 15.0 Å². The van der Waals surface area contributed by atoms with Crippen LogP contribution < -0.4 is 0 Å². The number of aliphatic carboxylic acids is 1. The molecule has 5 nitrogen and oxygen atoms in total. The fourth-order valence-electron chi connectivity index (χ4n) is 1.49. The van der Waals surface area contributed by atoms with Gasteiger partial charge in [0, 0.05) is 0 Å². The Kier molecular flexibility index (Phi) is 3.26. The number of hydrogen-bond donors (Lipinski definition) is 1. The van der Waals surface area contributed by atoms with E-state index < -0.39 is 11.4 Å². The molecule has 2 rings (SSSR count). The highest BCUT2D eigenvalue weighted by atomic mass is 127. The molecule has 18 heavy (non-hydrogen) atoms. The van der Waals surface area contributed by atoms with E-state index in [0.717, 1.165) is 9.26 Å². The van der Waals surface area contributed by atoms with E-state index in [2.05, 4.69) is 32.7 Å². The number of carbonyl (C=O) groups is 1. The van der Waals surface area contributed by atoms with Gasteiger partial charge in [-0.15, -0.1) is 0 Å². The summed E-state index contributed by atoms with van der Waals surface area (Å²) in [4.78, 5) is 15.6. The van der Waals surface area contributed by atoms with E-state index in [1.54, 1.807) is 19.9 Å². The maximum Gasteiger partial charge on any atom is 0.315 e. The van der Waals surface area contributed by atoms with Gasteiger partial charge in [0.25, 0.3) is 0 Å². The monoisotopic (exact) mass is 379 g/mol. The third kappa shape index (κ3) is 1.97. The van der Waals surface area contributed by atoms with Gasteiger partial charge in [-0.2, -0.15) is 5.10 Å². The van der Waals surface area contributed by atoms with Gasteiger partial charge in [-0.3, -0.25) is 4.79 Å². The molecule has 2 aromatic rings. The van der Waals surface area contributed by atoms with Crippen LogP contribution in [-0.2, 0) is 10.2 Å². The summed E-state index contributed by atoms with van der Waals surface area (Å²) < 4.78 is 2.39. The van der Waals surface area contributed by atoms with E-state index in [-0.39, 0.29) is 0 Å². The minimum Gasteiger partial charge on any atom is -0.481 e. The predicted octanol–water partition coefficient (Wildman–Crippen LogP) is 2.66. The Morgan fingerprint density at radius 3 is 2.72 bits per heavy atom. The molecule has 0 aliphatic rings. The smallest absolute Gasteiger partial charge is 0.315 e. The quantitative estimate of drug-likeness (QED) is 0.643. The molecule has 0 aliphatic carbocycles. The second-order valence-electron chi connectivity index (χ2n) is 4.53. The van der Waals surface area contributed by atoms with E-state index >= 15 is 0 Å². The second-order valence-corrected chi connectivity index (χ2v) is 6.00. The molecule has 2 heterocycles. The van der Waals surface area contributed by atoms with Crippen LogP contribution in [0.15, 0.2) is 6.07 Å². The largest absolute Gasteiger partial charge is 0.481 e. The van der Waals surface area contributed by atoms with Gasteiger partial charge >= 0.3 is 5.97 Å². The summed E-state index contributed by atoms with van der Waals surface area (Å²) in [5.74, 6) is -0.943. The van der Waals surface area contributed by atoms with E-state index in [9.17, 15) is 9.90 Å². The molecule has 0 spiro atoms. The van der Waals surface area contributed by atoms with Crippen LogP contribution in [0, 0.1) is 10.5 Å². The topological polar surface area (TPSA) is 67.5 Å². The van der Waals surface area contributed by atoms with Crippen LogP contribution in [0.3, 0.4) is 0 Å². The van der Waals surface area contributed by atoms with Crippen molar-refractivity contribution in [3.63, 3.8) is 0 Å². The lowest BCUT2D eigenvalue weighted by Crippen LogP contribution is -2.30. The SMILES string of the molecule is Cc1nn2c(Cl)cc(C(C)(C)C(=O)O)nc2c1I. The first-order valence-corrected chi connectivity index (χ1v) is 6.66. The highest BCUT2D eigenvalue weighted by molar-refractivity contribution is 14.1. The fraction of sp³-hybridized carbons (Fsp3) is 0.364. The van der Waals surface area contributed by atoms with Crippen LogP contribution in [0.25, 0.3) is 5.65 Å². The van der Waals surface area contributed by atoms with E-state index in [1.165, 1.54) is 4.52 Å². The molecule has 0 amide bonds. The van der Waals surface area contributed by atoms with Crippen LogP contribution in [0.2, 0.25) is 5.15 Å². The van der Waals surface area contributed by atoms with E-state index in [4.69, 9.17) is 11.6 Å². The van der Waals surface area contributed by atoms with E-state index in [1.807, 2.05) is 6.92 Å². The van der Waals surface area contributed by atoms with Crippen LogP contribution in [0.4, 0.5) is 0 Å². The van der Waals surface area contributed by atoms with Gasteiger partial charge < -0.3 is 5.11 Å². The van der Waals surface area contributed by atoms with Crippen molar-refractivity contribution in [2.45, 2.75) is 26.2 Å². The molecule has 1 N–H and O–H groups in total. The molecule has 0 radical (unpaired) electrons. The van der Waals surface area contributed by atoms with Crippen LogP contribution in [0.5, 0.6) is 0 Å². The third-order valence-corrected chi connectivity index (χ3v) is 4.36. The van der Waals surface area contributed by atoms with Gasteiger partial charge in [0.15, 0.2) is 5.65 Å². The molecule has 0 atom stereocenters. The Balaban J connectivity index is 2.76. The number of carboxylic acid groups (broad SMARTS) is 1. The van der Waals surface area contributed by atoms with Crippen molar-refractivity contribution >= 4 is 45.8 Å². The van der Waals surface area contributed by atoms with Crippen molar-refractivity contribution in [2.75, 3.05) is 0 Å². The first-order chi connectivity index (χ1) is 8.25. The summed E-state index contributed by atoms with van der Waals surface area (Å²) in [5.41, 5.74) is 0.734. The number of aromatic nitrogens is 3. The number of hydrogen-bond acceptors (Lipinski definition) is 3. The van der Waals surface area contributed by atoms with Crippen molar-refractivity contribution in [2.24, 2.45) is 0 Å². The van der Waals surface area contributed by atoms with Gasteiger partial charge in [0.2, 0.25) is 0 Å². The normalized spacial score (nSPS) is 12.1. The molecule has 0 unspecified atom stereocenters. The Bertz CT molecular complexity index is 651. The highest BCUT2D eigenvalue weighted by Crippen LogP contribution is 2.27. The van der Waals surface area contributed by atoms with Crippen molar-refractivity contribution in [3.05, 3.63) is 26.2 Å². The Hall–Kier alpha value is -0.890. The molecular weight excluding hydrogens is 368 g/mol. The average molecular weight is 380 g/mol. The number of aryl methyl sites for hydroxylation is 1. The summed E-state index contributed by atoms with van der Waals surface area (Å²) in [5, 5.41) is 13.8. The van der Waals surface area contributed by atoms with Crippen LogP contribution in [0.1, 0.15) is 25.2 Å². The van der Waals surface area contributed by atoms with Crippen molar-refractivity contribution in [1.29, 1.82) is 0 Å². The minimum atomic E-state index is -1.09. The standard InChI is InChI=1S/C11H11ClIN3O2/c1-5-8(13)9-14-6(11(2,3)10(17)18)4-7(12)16(9)15-5/h4H,1-3H3,(H,17,18). The third-order valence-electron chi connectivity index (χ3n) is 2.82. The zero-order valence-electron chi connectivity index (χ0n) is 10.0. The summed E-state index contributed by atoms with van der Waals surface area (Å²) in [6.45, 7) is 5.05. The number of fused-ring (bicyclic) bond motifs is 1. The fourth-order valence-corrected chi connectivity index (χ4v) is 2.17. The summed E-state index contributed by atoms with van der Waals surface area (Å²) in [7, 11) is 0. The summed E-state index contributed by atoms with van der Waals surface area (Å²) in [6, 6.07) is 1.55. The van der Waals surface area contributed by atoms with Gasteiger partial charge in [0.1, 0.15) is 10.6 Å². The minimum absolute atomic E-state index is 0.357. The molecule has 0 saturated carbocycles. The predicted molar refractivity (Wildman–Crippen MR) is 76.1 cm³/mol. The average Bonchev–Trinajstić information content (AvgIpc) is 2.56. The molecule has 0 aromatic carbocycles. The van der Waals surface area contributed by atoms with Crippen molar-refractivity contribution in [3.8, 4) is 0 Å². The molecule has 0 saturated heterocycles. The molecule has 96 valence electrons. The first-order valence-electron chi connectivity index (χ1n) is 5.20. The number of nitrogens with zero attached hydrogens (tertiary/aromatic N) is 3. The summed E-state index contributed by atoms with van der Waals surface area (Å²) >= 11 is 8.25. The molecule has 0 aliphatic heterocycles. The Morgan fingerprint density at radius 1 is 1.56 bits per heavy atom. The number of carboxylic acids is 1. The lowest BCUT2D eigenvalue weighted by Gasteiger charge is -2.18. The van der Waals surface area contributed by atoms with E-state index in [0.29, 0.717) is 16.5 Å². The van der Waals surface area contributed by atoms with Gasteiger partial charge in [-0.1, -0.05) is 11.6 Å². The molecule has 0 fully saturated rings. The van der Waals surface area contributed by atoms with Crippen LogP contribution in [-0.4, -0.2) is 25.7 Å². The summed E-state index contributed by atoms with van der Waals surface area (Å²) in [6.07, 6.45) is 0. The molecular formula is C11H11ClIN3O2. The maximum atomic E-state index is 11.3.